The maximum absolute atomic E-state index is 10.1. The Kier molecular flexibility index (Phi) is 4.99. The van der Waals surface area contributed by atoms with Crippen LogP contribution in [0, 0.1) is 5.92 Å². The molecule has 1 unspecified atom stereocenters. The van der Waals surface area contributed by atoms with Crippen LogP contribution in [0.2, 0.25) is 0 Å². The van der Waals surface area contributed by atoms with Crippen molar-refractivity contribution in [3.05, 3.63) is 47.4 Å². The van der Waals surface area contributed by atoms with Gasteiger partial charge in [-0.05, 0) is 18.2 Å². The lowest BCUT2D eigenvalue weighted by molar-refractivity contribution is 0.287. The van der Waals surface area contributed by atoms with Gasteiger partial charge >= 0.3 is 0 Å². The summed E-state index contributed by atoms with van der Waals surface area (Å²) in [5, 5.41) is 19.8. The van der Waals surface area contributed by atoms with Crippen LogP contribution in [0.3, 0.4) is 0 Å². The molecule has 118 valence electrons. The number of hydrogen-bond donors (Lipinski definition) is 2. The summed E-state index contributed by atoms with van der Waals surface area (Å²) in [7, 11) is 4.54. The molecule has 0 bridgehead atoms. The minimum atomic E-state index is -0.0355. The Morgan fingerprint density at radius 1 is 1.09 bits per heavy atom. The van der Waals surface area contributed by atoms with Gasteiger partial charge in [0, 0.05) is 24.0 Å². The van der Waals surface area contributed by atoms with E-state index < -0.39 is 0 Å². The van der Waals surface area contributed by atoms with Crippen LogP contribution in [-0.2, 0) is 4.74 Å². The summed E-state index contributed by atoms with van der Waals surface area (Å²) in [6, 6.07) is 3.47. The molecule has 1 aliphatic carbocycles. The molecule has 5 nitrogen and oxygen atoms in total. The standard InChI is InChI=1S/C17H20O5/c1-20-14-9-11(8-13(18)10-14)4-5-12-6-7-15(21-2)16(19)17(12)22-3/h4-7,9-11,18-19H,8H2,1-3H3. The Balaban J connectivity index is 2.26. The second-order valence-corrected chi connectivity index (χ2v) is 4.87. The first-order valence-electron chi connectivity index (χ1n) is 6.86. The molecule has 0 amide bonds. The van der Waals surface area contributed by atoms with E-state index in [4.69, 9.17) is 14.2 Å². The van der Waals surface area contributed by atoms with Crippen molar-refractivity contribution >= 4 is 6.08 Å². The predicted octanol–water partition coefficient (Wildman–Crippen LogP) is 3.41. The lowest BCUT2D eigenvalue weighted by Gasteiger charge is -2.15. The molecule has 22 heavy (non-hydrogen) atoms. The second kappa shape index (κ2) is 6.93. The van der Waals surface area contributed by atoms with Crippen molar-refractivity contribution in [2.24, 2.45) is 5.92 Å². The molecule has 5 heteroatoms. The summed E-state index contributed by atoms with van der Waals surface area (Å²) < 4.78 is 15.4. The number of phenols is 1. The Bertz CT molecular complexity index is 628. The summed E-state index contributed by atoms with van der Waals surface area (Å²) >= 11 is 0. The van der Waals surface area contributed by atoms with E-state index in [0.717, 1.165) is 5.56 Å². The van der Waals surface area contributed by atoms with Gasteiger partial charge < -0.3 is 24.4 Å². The SMILES string of the molecule is COC1=CC(C=Cc2ccc(OC)c(O)c2OC)CC(O)=C1. The Morgan fingerprint density at radius 3 is 2.50 bits per heavy atom. The number of aromatic hydroxyl groups is 1. The highest BCUT2D eigenvalue weighted by Crippen LogP contribution is 2.39. The zero-order valence-corrected chi connectivity index (χ0v) is 12.9. The van der Waals surface area contributed by atoms with Gasteiger partial charge in [0.15, 0.2) is 11.5 Å². The normalized spacial score (nSPS) is 17.9. The highest BCUT2D eigenvalue weighted by atomic mass is 16.5. The number of methoxy groups -OCH3 is 3. The van der Waals surface area contributed by atoms with Crippen LogP contribution in [0.4, 0.5) is 0 Å². The average molecular weight is 304 g/mol. The Hall–Kier alpha value is -2.56. The maximum atomic E-state index is 10.1. The third-order valence-electron chi connectivity index (χ3n) is 3.44. The first-order valence-corrected chi connectivity index (χ1v) is 6.86. The molecule has 0 radical (unpaired) electrons. The van der Waals surface area contributed by atoms with Gasteiger partial charge in [0.25, 0.3) is 0 Å². The van der Waals surface area contributed by atoms with Gasteiger partial charge in [0.1, 0.15) is 5.76 Å². The van der Waals surface area contributed by atoms with Crippen molar-refractivity contribution in [1.29, 1.82) is 0 Å². The van der Waals surface area contributed by atoms with Gasteiger partial charge in [-0.15, -0.1) is 0 Å². The van der Waals surface area contributed by atoms with Crippen molar-refractivity contribution in [2.75, 3.05) is 21.3 Å². The molecule has 1 aromatic carbocycles. The summed E-state index contributed by atoms with van der Waals surface area (Å²) in [4.78, 5) is 0. The van der Waals surface area contributed by atoms with Crippen molar-refractivity contribution < 1.29 is 24.4 Å². The van der Waals surface area contributed by atoms with Gasteiger partial charge in [0.2, 0.25) is 5.75 Å². The van der Waals surface area contributed by atoms with Crippen LogP contribution < -0.4 is 9.47 Å². The molecular formula is C17H20O5. The van der Waals surface area contributed by atoms with Crippen molar-refractivity contribution in [1.82, 2.24) is 0 Å². The zero-order valence-electron chi connectivity index (χ0n) is 12.9. The maximum Gasteiger partial charge on any atom is 0.201 e. The van der Waals surface area contributed by atoms with Gasteiger partial charge in [0.05, 0.1) is 27.1 Å². The lowest BCUT2D eigenvalue weighted by atomic mass is 9.97. The zero-order chi connectivity index (χ0) is 16.1. The number of phenolic OH excluding ortho intramolecular Hbond substituents is 1. The fraction of sp³-hybridized carbons (Fsp3) is 0.294. The number of aliphatic hydroxyl groups excluding tert-OH is 1. The number of ether oxygens (including phenoxy) is 3. The monoisotopic (exact) mass is 304 g/mol. The topological polar surface area (TPSA) is 68.2 Å². The number of benzene rings is 1. The fourth-order valence-corrected chi connectivity index (χ4v) is 2.34. The summed E-state index contributed by atoms with van der Waals surface area (Å²) in [5.41, 5.74) is 0.724. The molecule has 1 atom stereocenters. The molecule has 0 aliphatic heterocycles. The van der Waals surface area contributed by atoms with E-state index in [0.29, 0.717) is 23.7 Å². The van der Waals surface area contributed by atoms with Crippen molar-refractivity contribution in [2.45, 2.75) is 6.42 Å². The summed E-state index contributed by atoms with van der Waals surface area (Å²) in [5.74, 6) is 1.58. The summed E-state index contributed by atoms with van der Waals surface area (Å²) in [6.45, 7) is 0. The van der Waals surface area contributed by atoms with Gasteiger partial charge in [-0.2, -0.15) is 0 Å². The third-order valence-corrected chi connectivity index (χ3v) is 3.44. The molecule has 1 aliphatic rings. The molecule has 0 fully saturated rings. The van der Waals surface area contributed by atoms with E-state index in [1.54, 1.807) is 25.3 Å². The number of rotatable bonds is 5. The lowest BCUT2D eigenvalue weighted by Crippen LogP contribution is -2.03. The molecule has 0 spiro atoms. The second-order valence-electron chi connectivity index (χ2n) is 4.87. The molecule has 2 N–H and O–H groups in total. The third kappa shape index (κ3) is 3.36. The average Bonchev–Trinajstić information content (AvgIpc) is 2.52. The minimum absolute atomic E-state index is 0.00824. The van der Waals surface area contributed by atoms with E-state index in [9.17, 15) is 10.2 Å². The van der Waals surface area contributed by atoms with Crippen LogP contribution in [0.5, 0.6) is 17.2 Å². The number of hydrogen-bond acceptors (Lipinski definition) is 5. The molecule has 0 aromatic heterocycles. The van der Waals surface area contributed by atoms with Crippen LogP contribution in [0.25, 0.3) is 6.08 Å². The number of allylic oxidation sites excluding steroid dienone is 4. The van der Waals surface area contributed by atoms with E-state index in [1.807, 2.05) is 18.2 Å². The Morgan fingerprint density at radius 2 is 1.86 bits per heavy atom. The van der Waals surface area contributed by atoms with Gasteiger partial charge in [-0.1, -0.05) is 12.2 Å². The largest absolute Gasteiger partial charge is 0.512 e. The predicted molar refractivity (Wildman–Crippen MR) is 84.2 cm³/mol. The highest BCUT2D eigenvalue weighted by molar-refractivity contribution is 5.66. The smallest absolute Gasteiger partial charge is 0.201 e. The quantitative estimate of drug-likeness (QED) is 0.872. The minimum Gasteiger partial charge on any atom is -0.512 e. The highest BCUT2D eigenvalue weighted by Gasteiger charge is 2.15. The fourth-order valence-electron chi connectivity index (χ4n) is 2.34. The summed E-state index contributed by atoms with van der Waals surface area (Å²) in [6.07, 6.45) is 7.79. The molecule has 2 rings (SSSR count). The van der Waals surface area contributed by atoms with Crippen molar-refractivity contribution in [3.63, 3.8) is 0 Å². The van der Waals surface area contributed by atoms with Gasteiger partial charge in [-0.3, -0.25) is 0 Å². The van der Waals surface area contributed by atoms with E-state index in [-0.39, 0.29) is 17.4 Å². The molecule has 0 saturated carbocycles. The first-order chi connectivity index (χ1) is 10.6. The van der Waals surface area contributed by atoms with Gasteiger partial charge in [-0.25, -0.2) is 0 Å². The van der Waals surface area contributed by atoms with Crippen LogP contribution >= 0.6 is 0 Å². The van der Waals surface area contributed by atoms with E-state index >= 15 is 0 Å². The van der Waals surface area contributed by atoms with Crippen molar-refractivity contribution in [3.8, 4) is 17.2 Å². The number of aliphatic hydroxyl groups is 1. The van der Waals surface area contributed by atoms with Crippen LogP contribution in [-0.4, -0.2) is 31.5 Å². The Labute approximate surface area is 129 Å². The van der Waals surface area contributed by atoms with Crippen LogP contribution in [0.15, 0.2) is 41.9 Å². The van der Waals surface area contributed by atoms with E-state index in [2.05, 4.69) is 0 Å². The van der Waals surface area contributed by atoms with Crippen LogP contribution in [0.1, 0.15) is 12.0 Å². The van der Waals surface area contributed by atoms with E-state index in [1.165, 1.54) is 14.2 Å². The first kappa shape index (κ1) is 15.8. The molecule has 0 saturated heterocycles. The molecule has 1 aromatic rings. The molecular weight excluding hydrogens is 284 g/mol. The molecule has 0 heterocycles.